The fraction of sp³-hybridized carbons (Fsp3) is 0.263. The van der Waals surface area contributed by atoms with Crippen LogP contribution in [0.1, 0.15) is 19.4 Å². The third kappa shape index (κ3) is 3.64. The Labute approximate surface area is 170 Å². The van der Waals surface area contributed by atoms with Gasteiger partial charge in [-0.1, -0.05) is 12.2 Å². The number of hydrogen-bond acceptors (Lipinski definition) is 7. The highest BCUT2D eigenvalue weighted by molar-refractivity contribution is 5.99. The molecule has 3 aromatic rings. The van der Waals surface area contributed by atoms with Crippen LogP contribution in [-0.2, 0) is 20.6 Å². The predicted octanol–water partition coefficient (Wildman–Crippen LogP) is 1.75. The lowest BCUT2D eigenvalue weighted by molar-refractivity contribution is -0.384. The van der Waals surface area contributed by atoms with Crippen LogP contribution in [0.3, 0.4) is 0 Å². The Balaban J connectivity index is 2.08. The first-order valence-corrected chi connectivity index (χ1v) is 8.97. The number of non-ortho nitro benzene ring substituents is 1. The van der Waals surface area contributed by atoms with Crippen molar-refractivity contribution in [3.8, 4) is 0 Å². The van der Waals surface area contributed by atoms with Crippen LogP contribution < -0.4 is 16.7 Å². The van der Waals surface area contributed by atoms with Crippen LogP contribution in [0.15, 0.2) is 51.1 Å². The van der Waals surface area contributed by atoms with Crippen molar-refractivity contribution in [1.82, 2.24) is 18.7 Å². The third-order valence-electron chi connectivity index (χ3n) is 4.60. The van der Waals surface area contributed by atoms with Crippen molar-refractivity contribution in [3.63, 3.8) is 0 Å². The summed E-state index contributed by atoms with van der Waals surface area (Å²) in [4.78, 5) is 39.7. The summed E-state index contributed by atoms with van der Waals surface area (Å²) in [6.07, 6.45) is 0. The van der Waals surface area contributed by atoms with Gasteiger partial charge in [0.25, 0.3) is 11.2 Å². The van der Waals surface area contributed by atoms with Crippen LogP contribution in [0.25, 0.3) is 11.2 Å². The summed E-state index contributed by atoms with van der Waals surface area (Å²) in [5.41, 5.74) is 4.38. The van der Waals surface area contributed by atoms with Gasteiger partial charge in [0.05, 0.1) is 10.6 Å². The molecule has 0 aliphatic carbocycles. The molecule has 1 N–H and O–H groups in total. The van der Waals surface area contributed by atoms with E-state index in [0.717, 1.165) is 10.1 Å². The number of rotatable bonds is 6. The Kier molecular flexibility index (Phi) is 5.37. The SMILES string of the molecule is C=C(C)Cn1c(N/N=C(/C)c2ccc([N+](=O)[O-])cc2)nc2c1c(=O)n(C)c(=O)n2C. The molecule has 2 aromatic heterocycles. The molecule has 0 aliphatic rings. The molecule has 3 rings (SSSR count). The van der Waals surface area contributed by atoms with E-state index >= 15 is 0 Å². The molecular weight excluding hydrogens is 390 g/mol. The second-order valence-corrected chi connectivity index (χ2v) is 6.97. The van der Waals surface area contributed by atoms with Crippen molar-refractivity contribution in [1.29, 1.82) is 0 Å². The van der Waals surface area contributed by atoms with E-state index in [9.17, 15) is 19.7 Å². The molecule has 0 unspecified atom stereocenters. The van der Waals surface area contributed by atoms with E-state index in [-0.39, 0.29) is 22.8 Å². The lowest BCUT2D eigenvalue weighted by Gasteiger charge is -2.09. The Hall–Kier alpha value is -4.02. The van der Waals surface area contributed by atoms with E-state index in [1.165, 1.54) is 30.8 Å². The van der Waals surface area contributed by atoms with Crippen LogP contribution in [0.5, 0.6) is 0 Å². The number of aromatic nitrogens is 4. The molecule has 0 aliphatic heterocycles. The van der Waals surface area contributed by atoms with Gasteiger partial charge in [-0.2, -0.15) is 10.1 Å². The number of imidazole rings is 1. The number of hydrogen-bond donors (Lipinski definition) is 1. The van der Waals surface area contributed by atoms with Crippen LogP contribution in [-0.4, -0.2) is 29.3 Å². The maximum atomic E-state index is 12.7. The van der Waals surface area contributed by atoms with Gasteiger partial charge >= 0.3 is 5.69 Å². The molecule has 30 heavy (non-hydrogen) atoms. The summed E-state index contributed by atoms with van der Waals surface area (Å²) in [6.45, 7) is 7.74. The number of anilines is 1. The topological polar surface area (TPSA) is 129 Å². The summed E-state index contributed by atoms with van der Waals surface area (Å²) in [5, 5.41) is 15.1. The molecule has 11 heteroatoms. The highest BCUT2D eigenvalue weighted by Crippen LogP contribution is 2.18. The van der Waals surface area contributed by atoms with Gasteiger partial charge in [-0.3, -0.25) is 28.6 Å². The van der Waals surface area contributed by atoms with Gasteiger partial charge in [-0.25, -0.2) is 10.2 Å². The van der Waals surface area contributed by atoms with Crippen molar-refractivity contribution < 1.29 is 4.92 Å². The summed E-state index contributed by atoms with van der Waals surface area (Å²) in [5.74, 6) is 0.271. The summed E-state index contributed by atoms with van der Waals surface area (Å²) < 4.78 is 3.93. The second-order valence-electron chi connectivity index (χ2n) is 6.97. The minimum Gasteiger partial charge on any atom is -0.299 e. The van der Waals surface area contributed by atoms with Gasteiger partial charge in [0, 0.05) is 32.8 Å². The van der Waals surface area contributed by atoms with E-state index < -0.39 is 16.2 Å². The molecule has 0 amide bonds. The van der Waals surface area contributed by atoms with Crippen molar-refractivity contribution in [2.24, 2.45) is 19.2 Å². The Morgan fingerprint density at radius 3 is 2.40 bits per heavy atom. The van der Waals surface area contributed by atoms with E-state index in [1.54, 1.807) is 23.6 Å². The highest BCUT2D eigenvalue weighted by atomic mass is 16.6. The fourth-order valence-electron chi connectivity index (χ4n) is 2.98. The molecule has 2 heterocycles. The second kappa shape index (κ2) is 7.78. The molecule has 0 radical (unpaired) electrons. The molecule has 0 saturated heterocycles. The Morgan fingerprint density at radius 2 is 1.83 bits per heavy atom. The molecule has 156 valence electrons. The molecule has 0 fully saturated rings. The monoisotopic (exact) mass is 411 g/mol. The molecular formula is C19H21N7O4. The van der Waals surface area contributed by atoms with E-state index in [1.807, 2.05) is 6.92 Å². The number of nitro groups is 1. The zero-order valence-electron chi connectivity index (χ0n) is 17.0. The number of nitrogens with one attached hydrogen (secondary N) is 1. The Bertz CT molecular complexity index is 1310. The number of aryl methyl sites for hydroxylation is 1. The summed E-state index contributed by atoms with van der Waals surface area (Å²) >= 11 is 0. The quantitative estimate of drug-likeness (QED) is 0.285. The summed E-state index contributed by atoms with van der Waals surface area (Å²) in [7, 11) is 2.95. The number of allylic oxidation sites excluding steroid dienone is 1. The smallest absolute Gasteiger partial charge is 0.299 e. The Morgan fingerprint density at radius 1 is 1.20 bits per heavy atom. The van der Waals surface area contributed by atoms with Crippen molar-refractivity contribution in [2.75, 3.05) is 5.43 Å². The minimum absolute atomic E-state index is 0.0143. The number of fused-ring (bicyclic) bond motifs is 1. The highest BCUT2D eigenvalue weighted by Gasteiger charge is 2.19. The van der Waals surface area contributed by atoms with Crippen LogP contribution in [0, 0.1) is 10.1 Å². The van der Waals surface area contributed by atoms with Crippen molar-refractivity contribution >= 4 is 28.5 Å². The lowest BCUT2D eigenvalue weighted by Crippen LogP contribution is -2.37. The minimum atomic E-state index is -0.482. The van der Waals surface area contributed by atoms with E-state index in [2.05, 4.69) is 22.1 Å². The lowest BCUT2D eigenvalue weighted by atomic mass is 10.1. The standard InChI is InChI=1S/C19H21N7O4/c1-11(2)10-25-15-16(23(4)19(28)24(5)17(15)27)20-18(25)22-21-12(3)13-6-8-14(9-7-13)26(29)30/h6-9H,1,10H2,2-5H3,(H,20,22)/b21-12-. The fourth-order valence-corrected chi connectivity index (χ4v) is 2.98. The first-order valence-electron chi connectivity index (χ1n) is 8.97. The molecule has 11 nitrogen and oxygen atoms in total. The van der Waals surface area contributed by atoms with Gasteiger partial charge in [-0.05, 0) is 31.5 Å². The van der Waals surface area contributed by atoms with Gasteiger partial charge in [0.1, 0.15) is 0 Å². The molecule has 1 aromatic carbocycles. The van der Waals surface area contributed by atoms with Crippen LogP contribution in [0.4, 0.5) is 11.6 Å². The summed E-state index contributed by atoms with van der Waals surface area (Å²) in [6, 6.07) is 5.97. The van der Waals surface area contributed by atoms with Gasteiger partial charge in [-0.15, -0.1) is 0 Å². The van der Waals surface area contributed by atoms with E-state index in [4.69, 9.17) is 0 Å². The van der Waals surface area contributed by atoms with Gasteiger partial charge in [0.2, 0.25) is 5.95 Å². The van der Waals surface area contributed by atoms with Crippen molar-refractivity contribution in [3.05, 3.63) is 72.9 Å². The average Bonchev–Trinajstić information content (AvgIpc) is 3.06. The number of nitro benzene ring substituents is 1. The van der Waals surface area contributed by atoms with Crippen LogP contribution >= 0.6 is 0 Å². The van der Waals surface area contributed by atoms with Gasteiger partial charge < -0.3 is 0 Å². The van der Waals surface area contributed by atoms with E-state index in [0.29, 0.717) is 17.8 Å². The molecule has 0 bridgehead atoms. The predicted molar refractivity (Wildman–Crippen MR) is 114 cm³/mol. The molecule has 0 spiro atoms. The largest absolute Gasteiger partial charge is 0.332 e. The first-order chi connectivity index (χ1) is 14.1. The zero-order chi connectivity index (χ0) is 22.2. The number of nitrogens with zero attached hydrogens (tertiary/aromatic N) is 6. The number of benzene rings is 1. The van der Waals surface area contributed by atoms with Gasteiger partial charge in [0.15, 0.2) is 11.2 Å². The maximum absolute atomic E-state index is 12.7. The zero-order valence-corrected chi connectivity index (χ0v) is 17.0. The maximum Gasteiger partial charge on any atom is 0.332 e. The molecule has 0 saturated carbocycles. The van der Waals surface area contributed by atoms with Crippen molar-refractivity contribution in [2.45, 2.75) is 20.4 Å². The third-order valence-corrected chi connectivity index (χ3v) is 4.60. The first kappa shape index (κ1) is 20.7. The number of hydrazone groups is 1. The normalized spacial score (nSPS) is 11.7. The molecule has 0 atom stereocenters. The average molecular weight is 411 g/mol. The van der Waals surface area contributed by atoms with Crippen LogP contribution in [0.2, 0.25) is 0 Å².